The van der Waals surface area contributed by atoms with Gasteiger partial charge in [-0.3, -0.25) is 9.59 Å². The molecule has 2 amide bonds. The third-order valence-corrected chi connectivity index (χ3v) is 5.59. The van der Waals surface area contributed by atoms with Gasteiger partial charge in [-0.2, -0.15) is 5.10 Å². The van der Waals surface area contributed by atoms with E-state index in [-0.39, 0.29) is 42.1 Å². The Balaban J connectivity index is 1.80. The monoisotopic (exact) mass is 480 g/mol. The molecular formula is C27H33FN4O3. The second kappa shape index (κ2) is 10.7. The molecule has 0 atom stereocenters. The van der Waals surface area contributed by atoms with Gasteiger partial charge in [0.15, 0.2) is 0 Å². The van der Waals surface area contributed by atoms with E-state index in [9.17, 15) is 14.0 Å². The van der Waals surface area contributed by atoms with Crippen LogP contribution in [0.5, 0.6) is 5.75 Å². The molecule has 0 bridgehead atoms. The van der Waals surface area contributed by atoms with Crippen molar-refractivity contribution < 1.29 is 18.7 Å². The summed E-state index contributed by atoms with van der Waals surface area (Å²) in [6, 6.07) is 14.8. The van der Waals surface area contributed by atoms with E-state index in [1.807, 2.05) is 65.0 Å². The molecule has 0 aliphatic heterocycles. The van der Waals surface area contributed by atoms with E-state index in [1.54, 1.807) is 23.9 Å². The van der Waals surface area contributed by atoms with E-state index in [1.165, 1.54) is 17.0 Å². The SMILES string of the molecule is COc1ccc(-n2nc(C(C)(C)C)cc2NC(=O)CN(C(=O)Cc2ccc(F)cc2)C(C)C)cc1. The first-order chi connectivity index (χ1) is 16.5. The predicted molar refractivity (Wildman–Crippen MR) is 134 cm³/mol. The minimum absolute atomic E-state index is 0.0870. The molecule has 7 nitrogen and oxygen atoms in total. The number of ether oxygens (including phenoxy) is 1. The first-order valence-corrected chi connectivity index (χ1v) is 11.6. The largest absolute Gasteiger partial charge is 0.497 e. The minimum atomic E-state index is -0.357. The predicted octanol–water partition coefficient (Wildman–Crippen LogP) is 4.74. The van der Waals surface area contributed by atoms with Crippen LogP contribution >= 0.6 is 0 Å². The van der Waals surface area contributed by atoms with Crippen LogP contribution in [0.25, 0.3) is 5.69 Å². The van der Waals surface area contributed by atoms with Gasteiger partial charge < -0.3 is 15.0 Å². The lowest BCUT2D eigenvalue weighted by Crippen LogP contribution is -2.43. The first-order valence-electron chi connectivity index (χ1n) is 11.6. The molecule has 0 spiro atoms. The van der Waals surface area contributed by atoms with E-state index in [4.69, 9.17) is 9.84 Å². The van der Waals surface area contributed by atoms with Gasteiger partial charge in [-0.1, -0.05) is 32.9 Å². The number of methoxy groups -OCH3 is 1. The molecule has 8 heteroatoms. The number of halogens is 1. The van der Waals surface area contributed by atoms with Crippen molar-refractivity contribution in [1.29, 1.82) is 0 Å². The number of nitrogens with one attached hydrogen (secondary N) is 1. The Morgan fingerprint density at radius 1 is 1.09 bits per heavy atom. The minimum Gasteiger partial charge on any atom is -0.497 e. The Morgan fingerprint density at radius 2 is 1.71 bits per heavy atom. The van der Waals surface area contributed by atoms with Crippen molar-refractivity contribution in [2.24, 2.45) is 0 Å². The number of hydrogen-bond donors (Lipinski definition) is 1. The fraction of sp³-hybridized carbons (Fsp3) is 0.370. The van der Waals surface area contributed by atoms with Crippen LogP contribution in [-0.2, 0) is 21.4 Å². The summed E-state index contributed by atoms with van der Waals surface area (Å²) in [5.41, 5.74) is 2.04. The molecule has 0 aliphatic carbocycles. The van der Waals surface area contributed by atoms with Crippen LogP contribution in [0.15, 0.2) is 54.6 Å². The number of carbonyl (C=O) groups is 2. The standard InChI is InChI=1S/C27H33FN4O3/c1-18(2)31(26(34)15-19-7-9-20(28)10-8-19)17-25(33)29-24-16-23(27(3,4)5)30-32(24)21-11-13-22(35-6)14-12-21/h7-14,16,18H,15,17H2,1-6H3,(H,29,33). The fourth-order valence-electron chi connectivity index (χ4n) is 3.53. The van der Waals surface area contributed by atoms with Gasteiger partial charge in [0.25, 0.3) is 0 Å². The molecule has 1 heterocycles. The molecule has 3 rings (SSSR count). The lowest BCUT2D eigenvalue weighted by Gasteiger charge is -2.26. The van der Waals surface area contributed by atoms with Crippen LogP contribution in [-0.4, -0.2) is 46.2 Å². The Kier molecular flexibility index (Phi) is 7.94. The number of benzene rings is 2. The molecule has 0 saturated carbocycles. The molecule has 0 saturated heterocycles. The van der Waals surface area contributed by atoms with Crippen LogP contribution in [0.4, 0.5) is 10.2 Å². The Hall–Kier alpha value is -3.68. The van der Waals surface area contributed by atoms with Crippen molar-refractivity contribution in [1.82, 2.24) is 14.7 Å². The molecule has 0 unspecified atom stereocenters. The second-order valence-electron chi connectivity index (χ2n) is 9.74. The maximum atomic E-state index is 13.2. The maximum Gasteiger partial charge on any atom is 0.245 e. The quantitative estimate of drug-likeness (QED) is 0.506. The zero-order chi connectivity index (χ0) is 25.8. The highest BCUT2D eigenvalue weighted by molar-refractivity contribution is 5.94. The highest BCUT2D eigenvalue weighted by atomic mass is 19.1. The molecule has 1 N–H and O–H groups in total. The maximum absolute atomic E-state index is 13.2. The van der Waals surface area contributed by atoms with Gasteiger partial charge in [0.1, 0.15) is 23.9 Å². The summed E-state index contributed by atoms with van der Waals surface area (Å²) in [7, 11) is 1.60. The molecule has 2 aromatic carbocycles. The Labute approximate surface area is 205 Å². The van der Waals surface area contributed by atoms with Gasteiger partial charge in [0.2, 0.25) is 11.8 Å². The van der Waals surface area contributed by atoms with Crippen LogP contribution in [0, 0.1) is 5.82 Å². The number of carbonyl (C=O) groups excluding carboxylic acids is 2. The Bertz CT molecular complexity index is 1160. The van der Waals surface area contributed by atoms with Crippen LogP contribution in [0.2, 0.25) is 0 Å². The van der Waals surface area contributed by atoms with Crippen molar-refractivity contribution >= 4 is 17.6 Å². The molecule has 186 valence electrons. The zero-order valence-electron chi connectivity index (χ0n) is 21.1. The topological polar surface area (TPSA) is 76.5 Å². The summed E-state index contributed by atoms with van der Waals surface area (Å²) in [5.74, 6) is 0.334. The number of hydrogen-bond acceptors (Lipinski definition) is 4. The summed E-state index contributed by atoms with van der Waals surface area (Å²) in [4.78, 5) is 27.5. The van der Waals surface area contributed by atoms with Gasteiger partial charge in [-0.15, -0.1) is 0 Å². The Morgan fingerprint density at radius 3 is 2.26 bits per heavy atom. The smallest absolute Gasteiger partial charge is 0.245 e. The van der Waals surface area contributed by atoms with Crippen molar-refractivity contribution in [2.75, 3.05) is 19.0 Å². The molecular weight excluding hydrogens is 447 g/mol. The van der Waals surface area contributed by atoms with E-state index >= 15 is 0 Å². The van der Waals surface area contributed by atoms with Crippen LogP contribution in [0.1, 0.15) is 45.9 Å². The average molecular weight is 481 g/mol. The van der Waals surface area contributed by atoms with E-state index in [0.29, 0.717) is 11.4 Å². The molecule has 1 aromatic heterocycles. The van der Waals surface area contributed by atoms with E-state index < -0.39 is 0 Å². The molecule has 0 aliphatic rings. The van der Waals surface area contributed by atoms with Crippen molar-refractivity contribution in [2.45, 2.75) is 52.5 Å². The van der Waals surface area contributed by atoms with Crippen molar-refractivity contribution in [3.63, 3.8) is 0 Å². The highest BCUT2D eigenvalue weighted by Crippen LogP contribution is 2.27. The normalized spacial score (nSPS) is 11.4. The van der Waals surface area contributed by atoms with Crippen LogP contribution in [0.3, 0.4) is 0 Å². The molecule has 3 aromatic rings. The summed E-state index contributed by atoms with van der Waals surface area (Å²) in [6.07, 6.45) is 0.0870. The third kappa shape index (κ3) is 6.68. The third-order valence-electron chi connectivity index (χ3n) is 5.59. The van der Waals surface area contributed by atoms with Crippen LogP contribution < -0.4 is 10.1 Å². The summed E-state index contributed by atoms with van der Waals surface area (Å²) in [5, 5.41) is 7.65. The highest BCUT2D eigenvalue weighted by Gasteiger charge is 2.24. The van der Waals surface area contributed by atoms with Gasteiger partial charge in [-0.05, 0) is 55.8 Å². The number of aromatic nitrogens is 2. The fourth-order valence-corrected chi connectivity index (χ4v) is 3.53. The summed E-state index contributed by atoms with van der Waals surface area (Å²) < 4.78 is 20.1. The van der Waals surface area contributed by atoms with E-state index in [2.05, 4.69) is 5.32 Å². The van der Waals surface area contributed by atoms with Crippen molar-refractivity contribution in [3.8, 4) is 11.4 Å². The average Bonchev–Trinajstić information content (AvgIpc) is 3.23. The van der Waals surface area contributed by atoms with Crippen molar-refractivity contribution in [3.05, 3.63) is 71.7 Å². The molecule has 0 radical (unpaired) electrons. The van der Waals surface area contributed by atoms with E-state index in [0.717, 1.165) is 17.1 Å². The van der Waals surface area contributed by atoms with Gasteiger partial charge >= 0.3 is 0 Å². The first kappa shape index (κ1) is 25.9. The second-order valence-corrected chi connectivity index (χ2v) is 9.74. The number of anilines is 1. The number of rotatable bonds is 8. The summed E-state index contributed by atoms with van der Waals surface area (Å²) in [6.45, 7) is 9.75. The number of amides is 2. The van der Waals surface area contributed by atoms with Gasteiger partial charge in [-0.25, -0.2) is 9.07 Å². The lowest BCUT2D eigenvalue weighted by atomic mass is 9.92. The lowest BCUT2D eigenvalue weighted by molar-refractivity contribution is -0.135. The van der Waals surface area contributed by atoms with Gasteiger partial charge in [0, 0.05) is 17.5 Å². The number of nitrogens with zero attached hydrogens (tertiary/aromatic N) is 3. The zero-order valence-corrected chi connectivity index (χ0v) is 21.1. The molecule has 0 fully saturated rings. The summed E-state index contributed by atoms with van der Waals surface area (Å²) >= 11 is 0. The van der Waals surface area contributed by atoms with Gasteiger partial charge in [0.05, 0.1) is 24.9 Å². The molecule has 35 heavy (non-hydrogen) atoms.